The van der Waals surface area contributed by atoms with E-state index in [1.165, 1.54) is 9.87 Å². The quantitative estimate of drug-likeness (QED) is 0.538. The second-order valence-corrected chi connectivity index (χ2v) is 10.1. The summed E-state index contributed by atoms with van der Waals surface area (Å²) in [6.07, 6.45) is 6.24. The third kappa shape index (κ3) is 4.66. The van der Waals surface area contributed by atoms with E-state index in [0.717, 1.165) is 56.5 Å². The Morgan fingerprint density at radius 1 is 0.968 bits per heavy atom. The van der Waals surface area contributed by atoms with E-state index < -0.39 is 10.0 Å². The molecule has 6 nitrogen and oxygen atoms in total. The van der Waals surface area contributed by atoms with Crippen molar-refractivity contribution in [3.8, 4) is 0 Å². The van der Waals surface area contributed by atoms with Gasteiger partial charge in [0.15, 0.2) is 5.82 Å². The lowest BCUT2D eigenvalue weighted by molar-refractivity contribution is 0.580. The Balaban J connectivity index is 1.74. The number of sulfonamides is 1. The topological polar surface area (TPSA) is 68.1 Å². The molecular weight excluding hydrogens is 408 g/mol. The number of benzene rings is 2. The molecule has 0 saturated carbocycles. The van der Waals surface area contributed by atoms with Crippen LogP contribution in [-0.4, -0.2) is 23.2 Å². The van der Waals surface area contributed by atoms with Gasteiger partial charge in [0.1, 0.15) is 5.82 Å². The lowest BCUT2D eigenvalue weighted by atomic mass is 10.1. The number of nitrogens with zero attached hydrogens (tertiary/aromatic N) is 4. The highest BCUT2D eigenvalue weighted by Gasteiger charge is 2.28. The van der Waals surface area contributed by atoms with Gasteiger partial charge >= 0.3 is 0 Å². The number of hydrogen-bond acceptors (Lipinski definition) is 4. The van der Waals surface area contributed by atoms with Crippen LogP contribution < -0.4 is 4.31 Å². The zero-order valence-electron chi connectivity index (χ0n) is 18.3. The third-order valence-electron chi connectivity index (χ3n) is 5.84. The summed E-state index contributed by atoms with van der Waals surface area (Å²) in [5, 5.41) is 8.74. The summed E-state index contributed by atoms with van der Waals surface area (Å²) in [5.74, 6) is 1.66. The van der Waals surface area contributed by atoms with E-state index in [9.17, 15) is 8.42 Å². The molecule has 7 heteroatoms. The Bertz CT molecular complexity index is 1120. The minimum absolute atomic E-state index is 0.163. The maximum Gasteiger partial charge on any atom is 0.264 e. The van der Waals surface area contributed by atoms with Gasteiger partial charge in [0.05, 0.1) is 17.1 Å². The van der Waals surface area contributed by atoms with Crippen molar-refractivity contribution in [1.82, 2.24) is 14.8 Å². The zero-order valence-corrected chi connectivity index (χ0v) is 19.1. The Labute approximate surface area is 185 Å². The molecule has 31 heavy (non-hydrogen) atoms. The van der Waals surface area contributed by atoms with Gasteiger partial charge in [-0.25, -0.2) is 8.42 Å². The highest BCUT2D eigenvalue weighted by Crippen LogP contribution is 2.27. The predicted molar refractivity (Wildman–Crippen MR) is 123 cm³/mol. The highest BCUT2D eigenvalue weighted by molar-refractivity contribution is 7.92. The summed E-state index contributed by atoms with van der Waals surface area (Å²) in [5.41, 5.74) is 2.87. The van der Waals surface area contributed by atoms with E-state index in [0.29, 0.717) is 11.5 Å². The van der Waals surface area contributed by atoms with E-state index in [1.807, 2.05) is 43.3 Å². The van der Waals surface area contributed by atoms with E-state index in [1.54, 1.807) is 12.1 Å². The minimum Gasteiger partial charge on any atom is -0.313 e. The van der Waals surface area contributed by atoms with Crippen molar-refractivity contribution in [3.63, 3.8) is 0 Å². The summed E-state index contributed by atoms with van der Waals surface area (Å²) in [7, 11) is -3.76. The molecule has 0 N–H and O–H groups in total. The maximum atomic E-state index is 13.7. The Morgan fingerprint density at radius 2 is 1.71 bits per heavy atom. The molecule has 0 fully saturated rings. The van der Waals surface area contributed by atoms with E-state index >= 15 is 0 Å². The van der Waals surface area contributed by atoms with Crippen LogP contribution in [0.5, 0.6) is 0 Å². The third-order valence-corrected chi connectivity index (χ3v) is 7.63. The number of anilines is 1. The minimum atomic E-state index is -3.76. The molecule has 0 amide bonds. The molecule has 0 atom stereocenters. The molecule has 2 heterocycles. The van der Waals surface area contributed by atoms with Crippen LogP contribution in [0.3, 0.4) is 0 Å². The van der Waals surface area contributed by atoms with Gasteiger partial charge in [-0.3, -0.25) is 4.31 Å². The largest absolute Gasteiger partial charge is 0.313 e. The zero-order chi connectivity index (χ0) is 21.8. The molecule has 1 aromatic heterocycles. The van der Waals surface area contributed by atoms with Gasteiger partial charge in [0, 0.05) is 13.0 Å². The molecule has 0 spiro atoms. The van der Waals surface area contributed by atoms with Crippen molar-refractivity contribution in [3.05, 3.63) is 71.3 Å². The van der Waals surface area contributed by atoms with Crippen molar-refractivity contribution in [1.29, 1.82) is 0 Å². The van der Waals surface area contributed by atoms with Gasteiger partial charge in [0.2, 0.25) is 0 Å². The number of hydrogen-bond donors (Lipinski definition) is 0. The Kier molecular flexibility index (Phi) is 6.41. The van der Waals surface area contributed by atoms with Gasteiger partial charge in [-0.05, 0) is 56.0 Å². The fraction of sp³-hybridized carbons (Fsp3) is 0.417. The van der Waals surface area contributed by atoms with Gasteiger partial charge in [-0.15, -0.1) is 10.2 Å². The van der Waals surface area contributed by atoms with Crippen molar-refractivity contribution in [2.75, 3.05) is 4.31 Å². The molecule has 3 aromatic rings. The standard InChI is InChI=1S/C24H30N4O2S/c1-3-7-20-11-13-21(14-12-20)28(31(29,30)22-15-9-19(2)10-16-22)18-24-26-25-23-8-5-4-6-17-27(23)24/h9-16H,3-8,17-18H2,1-2H3. The van der Waals surface area contributed by atoms with Crippen LogP contribution in [0.1, 0.15) is 55.4 Å². The molecule has 4 rings (SSSR count). The van der Waals surface area contributed by atoms with E-state index in [-0.39, 0.29) is 11.4 Å². The summed E-state index contributed by atoms with van der Waals surface area (Å²) in [6.45, 7) is 5.09. The van der Waals surface area contributed by atoms with Crippen LogP contribution in [0.2, 0.25) is 0 Å². The van der Waals surface area contributed by atoms with Crippen molar-refractivity contribution in [2.45, 2.75) is 70.4 Å². The second kappa shape index (κ2) is 9.22. The molecule has 0 saturated heterocycles. The molecule has 2 aromatic carbocycles. The monoisotopic (exact) mass is 438 g/mol. The fourth-order valence-corrected chi connectivity index (χ4v) is 5.48. The van der Waals surface area contributed by atoms with Crippen LogP contribution in [0, 0.1) is 6.92 Å². The fourth-order valence-electron chi connectivity index (χ4n) is 4.06. The molecule has 1 aliphatic heterocycles. The van der Waals surface area contributed by atoms with Crippen LogP contribution >= 0.6 is 0 Å². The number of aryl methyl sites for hydroxylation is 3. The van der Waals surface area contributed by atoms with Gasteiger partial charge in [0.25, 0.3) is 10.0 Å². The van der Waals surface area contributed by atoms with Crippen LogP contribution in [-0.2, 0) is 36.0 Å². The molecule has 164 valence electrons. The highest BCUT2D eigenvalue weighted by atomic mass is 32.2. The molecule has 0 bridgehead atoms. The van der Waals surface area contributed by atoms with Gasteiger partial charge in [-0.1, -0.05) is 49.6 Å². The first-order valence-corrected chi connectivity index (χ1v) is 12.5. The van der Waals surface area contributed by atoms with E-state index in [2.05, 4.69) is 21.7 Å². The number of rotatable bonds is 7. The Morgan fingerprint density at radius 3 is 2.42 bits per heavy atom. The van der Waals surface area contributed by atoms with Crippen LogP contribution in [0.4, 0.5) is 5.69 Å². The molecule has 0 unspecified atom stereocenters. The van der Waals surface area contributed by atoms with E-state index in [4.69, 9.17) is 0 Å². The molecule has 0 radical (unpaired) electrons. The molecular formula is C24H30N4O2S. The normalized spacial score (nSPS) is 14.1. The SMILES string of the molecule is CCCc1ccc(N(Cc2nnc3n2CCCCC3)S(=O)(=O)c2ccc(C)cc2)cc1. The lowest BCUT2D eigenvalue weighted by Crippen LogP contribution is -2.32. The number of fused-ring (bicyclic) bond motifs is 1. The lowest BCUT2D eigenvalue weighted by Gasteiger charge is -2.25. The second-order valence-electron chi connectivity index (χ2n) is 8.24. The first kappa shape index (κ1) is 21.6. The molecule has 1 aliphatic rings. The van der Waals surface area contributed by atoms with Gasteiger partial charge in [-0.2, -0.15) is 0 Å². The van der Waals surface area contributed by atoms with Crippen LogP contribution in [0.15, 0.2) is 53.4 Å². The Hall–Kier alpha value is -2.67. The summed E-state index contributed by atoms with van der Waals surface area (Å²) < 4.78 is 30.9. The molecule has 0 aliphatic carbocycles. The average Bonchev–Trinajstić information content (AvgIpc) is 2.99. The van der Waals surface area contributed by atoms with Crippen LogP contribution in [0.25, 0.3) is 0 Å². The summed E-state index contributed by atoms with van der Waals surface area (Å²) >= 11 is 0. The number of aromatic nitrogens is 3. The summed E-state index contributed by atoms with van der Waals surface area (Å²) in [6, 6.07) is 14.8. The maximum absolute atomic E-state index is 13.7. The van der Waals surface area contributed by atoms with Crippen molar-refractivity contribution < 1.29 is 8.42 Å². The van der Waals surface area contributed by atoms with Crippen molar-refractivity contribution >= 4 is 15.7 Å². The smallest absolute Gasteiger partial charge is 0.264 e. The summed E-state index contributed by atoms with van der Waals surface area (Å²) in [4.78, 5) is 0.284. The average molecular weight is 439 g/mol. The first-order chi connectivity index (χ1) is 15.0. The predicted octanol–water partition coefficient (Wildman–Crippen LogP) is 4.66. The van der Waals surface area contributed by atoms with Gasteiger partial charge < -0.3 is 4.57 Å². The first-order valence-electron chi connectivity index (χ1n) is 11.1. The van der Waals surface area contributed by atoms with Crippen molar-refractivity contribution in [2.24, 2.45) is 0 Å².